The second-order valence-corrected chi connectivity index (χ2v) is 4.86. The molecule has 0 saturated carbocycles. The van der Waals surface area contributed by atoms with E-state index in [0.29, 0.717) is 5.56 Å². The van der Waals surface area contributed by atoms with Gasteiger partial charge in [0, 0.05) is 5.39 Å². The first kappa shape index (κ1) is 13.6. The number of fused-ring (bicyclic) bond motifs is 1. The monoisotopic (exact) mass is 282 g/mol. The lowest BCUT2D eigenvalue weighted by molar-refractivity contribution is 0.221. The van der Waals surface area contributed by atoms with Crippen molar-refractivity contribution in [3.05, 3.63) is 77.6 Å². The molecule has 0 aliphatic heterocycles. The molecule has 1 N–H and O–H groups in total. The molecule has 0 radical (unpaired) electrons. The molecule has 21 heavy (non-hydrogen) atoms. The van der Waals surface area contributed by atoms with Crippen molar-refractivity contribution in [3.63, 3.8) is 0 Å². The van der Waals surface area contributed by atoms with Crippen LogP contribution in [-0.4, -0.2) is 12.2 Å². The van der Waals surface area contributed by atoms with Crippen LogP contribution >= 0.6 is 0 Å². The molecule has 1 unspecified atom stereocenters. The Kier molecular flexibility index (Phi) is 3.59. The Morgan fingerprint density at radius 3 is 2.43 bits per heavy atom. The Balaban J connectivity index is 2.17. The van der Waals surface area contributed by atoms with Crippen LogP contribution in [0.1, 0.15) is 17.2 Å². The predicted molar refractivity (Wildman–Crippen MR) is 81.0 cm³/mol. The van der Waals surface area contributed by atoms with Crippen molar-refractivity contribution in [2.24, 2.45) is 0 Å². The van der Waals surface area contributed by atoms with E-state index in [1.165, 1.54) is 12.1 Å². The summed E-state index contributed by atoms with van der Waals surface area (Å²) in [5.74, 6) is 0.394. The van der Waals surface area contributed by atoms with Gasteiger partial charge in [-0.2, -0.15) is 0 Å². The number of aliphatic hydroxyl groups excluding tert-OH is 1. The molecule has 0 aliphatic rings. The number of rotatable bonds is 3. The van der Waals surface area contributed by atoms with Crippen LogP contribution in [0.3, 0.4) is 0 Å². The van der Waals surface area contributed by atoms with Gasteiger partial charge in [-0.1, -0.05) is 42.5 Å². The summed E-state index contributed by atoms with van der Waals surface area (Å²) in [6.45, 7) is 0. The first-order valence-corrected chi connectivity index (χ1v) is 6.70. The summed E-state index contributed by atoms with van der Waals surface area (Å²) in [5.41, 5.74) is 1.27. The van der Waals surface area contributed by atoms with Gasteiger partial charge in [-0.05, 0) is 34.7 Å². The van der Waals surface area contributed by atoms with Gasteiger partial charge < -0.3 is 9.84 Å². The third-order valence-electron chi connectivity index (χ3n) is 3.60. The average Bonchev–Trinajstić information content (AvgIpc) is 2.53. The van der Waals surface area contributed by atoms with E-state index in [1.54, 1.807) is 19.2 Å². The van der Waals surface area contributed by atoms with E-state index in [0.717, 1.165) is 22.1 Å². The second-order valence-electron chi connectivity index (χ2n) is 4.86. The maximum absolute atomic E-state index is 13.3. The van der Waals surface area contributed by atoms with Crippen LogP contribution < -0.4 is 4.74 Å². The number of hydrogen-bond donors (Lipinski definition) is 1. The number of ether oxygens (including phenoxy) is 1. The fraction of sp³-hybridized carbons (Fsp3) is 0.111. The molecular weight excluding hydrogens is 267 g/mol. The van der Waals surface area contributed by atoms with E-state index in [2.05, 4.69) is 0 Å². The summed E-state index contributed by atoms with van der Waals surface area (Å²) in [7, 11) is 1.62. The minimum atomic E-state index is -0.878. The van der Waals surface area contributed by atoms with Gasteiger partial charge in [0.05, 0.1) is 7.11 Å². The van der Waals surface area contributed by atoms with E-state index in [4.69, 9.17) is 4.74 Å². The molecule has 3 aromatic rings. The SMILES string of the molecule is COc1ccc(C(O)c2cccc(F)c2)c2ccccc12. The Morgan fingerprint density at radius 1 is 0.952 bits per heavy atom. The van der Waals surface area contributed by atoms with Crippen molar-refractivity contribution in [2.75, 3.05) is 7.11 Å². The molecular formula is C18H15FO2. The fourth-order valence-electron chi connectivity index (χ4n) is 2.57. The van der Waals surface area contributed by atoms with Crippen LogP contribution in [0.4, 0.5) is 4.39 Å². The molecule has 0 saturated heterocycles. The summed E-state index contributed by atoms with van der Waals surface area (Å²) in [6.07, 6.45) is -0.878. The zero-order chi connectivity index (χ0) is 14.8. The molecule has 0 amide bonds. The Bertz CT molecular complexity index is 783. The highest BCUT2D eigenvalue weighted by Crippen LogP contribution is 2.34. The third-order valence-corrected chi connectivity index (χ3v) is 3.60. The summed E-state index contributed by atoms with van der Waals surface area (Å²) < 4.78 is 18.7. The van der Waals surface area contributed by atoms with E-state index >= 15 is 0 Å². The quantitative estimate of drug-likeness (QED) is 0.784. The lowest BCUT2D eigenvalue weighted by Gasteiger charge is -2.16. The van der Waals surface area contributed by atoms with Crippen LogP contribution in [0.15, 0.2) is 60.7 Å². The van der Waals surface area contributed by atoms with Gasteiger partial charge in [-0.3, -0.25) is 0 Å². The minimum absolute atomic E-state index is 0.357. The van der Waals surface area contributed by atoms with E-state index in [1.807, 2.05) is 36.4 Å². The molecule has 0 bridgehead atoms. The van der Waals surface area contributed by atoms with Gasteiger partial charge in [0.1, 0.15) is 17.7 Å². The lowest BCUT2D eigenvalue weighted by Crippen LogP contribution is -2.01. The highest BCUT2D eigenvalue weighted by Gasteiger charge is 2.15. The molecule has 3 aromatic carbocycles. The molecule has 3 heteroatoms. The van der Waals surface area contributed by atoms with Crippen LogP contribution in [-0.2, 0) is 0 Å². The first-order valence-electron chi connectivity index (χ1n) is 6.70. The number of benzene rings is 3. The number of aliphatic hydroxyl groups is 1. The second kappa shape index (κ2) is 5.54. The molecule has 0 aliphatic carbocycles. The lowest BCUT2D eigenvalue weighted by atomic mass is 9.95. The Morgan fingerprint density at radius 2 is 1.71 bits per heavy atom. The molecule has 1 atom stereocenters. The summed E-state index contributed by atoms with van der Waals surface area (Å²) in [5, 5.41) is 12.4. The maximum atomic E-state index is 13.3. The number of methoxy groups -OCH3 is 1. The van der Waals surface area contributed by atoms with Crippen molar-refractivity contribution in [1.82, 2.24) is 0 Å². The summed E-state index contributed by atoms with van der Waals surface area (Å²) >= 11 is 0. The minimum Gasteiger partial charge on any atom is -0.496 e. The average molecular weight is 282 g/mol. The Labute approximate surface area is 122 Å². The normalized spacial score (nSPS) is 12.3. The standard InChI is InChI=1S/C18H15FO2/c1-21-17-10-9-16(14-7-2-3-8-15(14)17)18(20)12-5-4-6-13(19)11-12/h2-11,18,20H,1H3. The predicted octanol–water partition coefficient (Wildman–Crippen LogP) is 4.07. The number of hydrogen-bond acceptors (Lipinski definition) is 2. The first-order chi connectivity index (χ1) is 10.2. The van der Waals surface area contributed by atoms with Gasteiger partial charge in [-0.15, -0.1) is 0 Å². The van der Waals surface area contributed by atoms with Gasteiger partial charge in [0.25, 0.3) is 0 Å². The van der Waals surface area contributed by atoms with Crippen LogP contribution in [0, 0.1) is 5.82 Å². The molecule has 0 aromatic heterocycles. The van der Waals surface area contributed by atoms with Crippen LogP contribution in [0.5, 0.6) is 5.75 Å². The molecule has 2 nitrogen and oxygen atoms in total. The highest BCUT2D eigenvalue weighted by molar-refractivity contribution is 5.91. The van der Waals surface area contributed by atoms with Crippen molar-refractivity contribution >= 4 is 10.8 Å². The van der Waals surface area contributed by atoms with Gasteiger partial charge in [0.2, 0.25) is 0 Å². The van der Waals surface area contributed by atoms with Crippen molar-refractivity contribution < 1.29 is 14.2 Å². The largest absolute Gasteiger partial charge is 0.496 e. The zero-order valence-electron chi connectivity index (χ0n) is 11.6. The van der Waals surface area contributed by atoms with Crippen LogP contribution in [0.25, 0.3) is 10.8 Å². The molecule has 0 fully saturated rings. The van der Waals surface area contributed by atoms with E-state index in [9.17, 15) is 9.50 Å². The van der Waals surface area contributed by atoms with Crippen molar-refractivity contribution in [1.29, 1.82) is 0 Å². The Hall–Kier alpha value is -2.39. The topological polar surface area (TPSA) is 29.5 Å². The smallest absolute Gasteiger partial charge is 0.126 e. The number of halogens is 1. The highest BCUT2D eigenvalue weighted by atomic mass is 19.1. The van der Waals surface area contributed by atoms with Gasteiger partial charge in [0.15, 0.2) is 0 Å². The van der Waals surface area contributed by atoms with Crippen molar-refractivity contribution in [3.8, 4) is 5.75 Å². The van der Waals surface area contributed by atoms with Crippen LogP contribution in [0.2, 0.25) is 0 Å². The molecule has 106 valence electrons. The van der Waals surface area contributed by atoms with Gasteiger partial charge >= 0.3 is 0 Å². The molecule has 0 spiro atoms. The summed E-state index contributed by atoms with van der Waals surface area (Å²) in [6, 6.07) is 17.4. The van der Waals surface area contributed by atoms with E-state index < -0.39 is 6.10 Å². The molecule has 3 rings (SSSR count). The van der Waals surface area contributed by atoms with Gasteiger partial charge in [-0.25, -0.2) is 4.39 Å². The van der Waals surface area contributed by atoms with E-state index in [-0.39, 0.29) is 5.82 Å². The fourth-order valence-corrected chi connectivity index (χ4v) is 2.57. The molecule has 0 heterocycles. The summed E-state index contributed by atoms with van der Waals surface area (Å²) in [4.78, 5) is 0. The van der Waals surface area contributed by atoms with Crippen molar-refractivity contribution in [2.45, 2.75) is 6.10 Å². The third kappa shape index (κ3) is 2.48. The zero-order valence-corrected chi connectivity index (χ0v) is 11.6. The maximum Gasteiger partial charge on any atom is 0.126 e.